The molecular formula is C13H24N4O. The molecule has 0 aliphatic rings. The molecular weight excluding hydrogens is 228 g/mol. The van der Waals surface area contributed by atoms with Gasteiger partial charge in [0.15, 0.2) is 0 Å². The normalized spacial score (nSPS) is 11.3. The van der Waals surface area contributed by atoms with Crippen molar-refractivity contribution in [1.29, 1.82) is 0 Å². The largest absolute Gasteiger partial charge is 0.322 e. The molecule has 2 N–H and O–H groups in total. The number of amides is 1. The van der Waals surface area contributed by atoms with Crippen LogP contribution in [0.15, 0.2) is 0 Å². The average Bonchev–Trinajstić information content (AvgIpc) is 2.54. The van der Waals surface area contributed by atoms with Gasteiger partial charge in [0.05, 0.1) is 23.6 Å². The Balaban J connectivity index is 2.76. The molecule has 1 heterocycles. The van der Waals surface area contributed by atoms with E-state index in [1.165, 1.54) is 0 Å². The molecule has 0 radical (unpaired) electrons. The Hall–Kier alpha value is -1.36. The Morgan fingerprint density at radius 2 is 1.89 bits per heavy atom. The summed E-state index contributed by atoms with van der Waals surface area (Å²) in [5.41, 5.74) is 2.69. The number of carbonyl (C=O) groups is 1. The van der Waals surface area contributed by atoms with E-state index in [0.29, 0.717) is 18.6 Å². The number of hydrogen-bond acceptors (Lipinski definition) is 3. The number of aryl methyl sites for hydroxylation is 1. The highest BCUT2D eigenvalue weighted by atomic mass is 16.1. The monoisotopic (exact) mass is 252 g/mol. The summed E-state index contributed by atoms with van der Waals surface area (Å²) in [6.45, 7) is 12.4. The maximum absolute atomic E-state index is 11.8. The lowest BCUT2D eigenvalue weighted by Gasteiger charge is -2.10. The van der Waals surface area contributed by atoms with Crippen LogP contribution in [0, 0.1) is 13.8 Å². The molecule has 0 aliphatic carbocycles. The SMILES string of the molecule is Cc1nn(C(C)C)c(C)c1NC(=O)CNC(C)C. The van der Waals surface area contributed by atoms with Crippen LogP contribution in [-0.4, -0.2) is 28.3 Å². The van der Waals surface area contributed by atoms with Crippen LogP contribution in [0.4, 0.5) is 5.69 Å². The van der Waals surface area contributed by atoms with E-state index in [0.717, 1.165) is 17.1 Å². The quantitative estimate of drug-likeness (QED) is 0.843. The molecule has 0 aliphatic heterocycles. The van der Waals surface area contributed by atoms with Crippen molar-refractivity contribution in [1.82, 2.24) is 15.1 Å². The number of rotatable bonds is 5. The van der Waals surface area contributed by atoms with Crippen molar-refractivity contribution in [3.8, 4) is 0 Å². The van der Waals surface area contributed by atoms with E-state index < -0.39 is 0 Å². The van der Waals surface area contributed by atoms with E-state index in [4.69, 9.17) is 0 Å². The van der Waals surface area contributed by atoms with Gasteiger partial charge in [0.2, 0.25) is 5.91 Å². The van der Waals surface area contributed by atoms with Crippen LogP contribution in [-0.2, 0) is 4.79 Å². The van der Waals surface area contributed by atoms with Crippen molar-refractivity contribution in [2.45, 2.75) is 53.6 Å². The number of hydrogen-bond donors (Lipinski definition) is 2. The van der Waals surface area contributed by atoms with E-state index in [9.17, 15) is 4.79 Å². The molecule has 1 rings (SSSR count). The maximum atomic E-state index is 11.8. The van der Waals surface area contributed by atoms with Crippen molar-refractivity contribution in [3.05, 3.63) is 11.4 Å². The van der Waals surface area contributed by atoms with Gasteiger partial charge in [0.25, 0.3) is 0 Å². The van der Waals surface area contributed by atoms with E-state index in [2.05, 4.69) is 29.6 Å². The molecule has 5 heteroatoms. The van der Waals surface area contributed by atoms with Crippen molar-refractivity contribution in [2.24, 2.45) is 0 Å². The zero-order valence-corrected chi connectivity index (χ0v) is 12.2. The Kier molecular flexibility index (Phi) is 4.90. The first kappa shape index (κ1) is 14.7. The molecule has 0 saturated heterocycles. The van der Waals surface area contributed by atoms with Crippen LogP contribution in [0.3, 0.4) is 0 Å². The summed E-state index contributed by atoms with van der Waals surface area (Å²) >= 11 is 0. The molecule has 0 atom stereocenters. The molecule has 0 unspecified atom stereocenters. The second-order valence-electron chi connectivity index (χ2n) is 5.17. The van der Waals surface area contributed by atoms with Crippen LogP contribution in [0.5, 0.6) is 0 Å². The lowest BCUT2D eigenvalue weighted by Crippen LogP contribution is -2.32. The number of aromatic nitrogens is 2. The van der Waals surface area contributed by atoms with Crippen LogP contribution >= 0.6 is 0 Å². The first-order chi connectivity index (χ1) is 8.32. The lowest BCUT2D eigenvalue weighted by atomic mass is 10.3. The zero-order valence-electron chi connectivity index (χ0n) is 12.2. The minimum Gasteiger partial charge on any atom is -0.322 e. The summed E-state index contributed by atoms with van der Waals surface area (Å²) < 4.78 is 1.93. The van der Waals surface area contributed by atoms with Crippen LogP contribution in [0.25, 0.3) is 0 Å². The highest BCUT2D eigenvalue weighted by Gasteiger charge is 2.15. The third-order valence-electron chi connectivity index (χ3n) is 2.75. The van der Waals surface area contributed by atoms with Gasteiger partial charge >= 0.3 is 0 Å². The van der Waals surface area contributed by atoms with E-state index in [-0.39, 0.29) is 5.91 Å². The van der Waals surface area contributed by atoms with Crippen molar-refractivity contribution in [3.63, 3.8) is 0 Å². The van der Waals surface area contributed by atoms with Gasteiger partial charge in [-0.25, -0.2) is 0 Å². The lowest BCUT2D eigenvalue weighted by molar-refractivity contribution is -0.115. The van der Waals surface area contributed by atoms with Gasteiger partial charge in [0, 0.05) is 12.1 Å². The summed E-state index contributed by atoms with van der Waals surface area (Å²) in [5.74, 6) is -0.0294. The number of nitrogens with zero attached hydrogens (tertiary/aromatic N) is 2. The molecule has 1 aromatic heterocycles. The van der Waals surface area contributed by atoms with Gasteiger partial charge in [-0.2, -0.15) is 5.10 Å². The van der Waals surface area contributed by atoms with Gasteiger partial charge in [0.1, 0.15) is 0 Å². The summed E-state index contributed by atoms with van der Waals surface area (Å²) in [6.07, 6.45) is 0. The standard InChI is InChI=1S/C13H24N4O/c1-8(2)14-7-12(18)15-13-10(5)16-17(9(3)4)11(13)6/h8-9,14H,7H2,1-6H3,(H,15,18). The second kappa shape index (κ2) is 6.00. The van der Waals surface area contributed by atoms with E-state index in [1.54, 1.807) is 0 Å². The zero-order chi connectivity index (χ0) is 13.9. The summed E-state index contributed by atoms with van der Waals surface area (Å²) in [4.78, 5) is 11.8. The minimum atomic E-state index is -0.0294. The highest BCUT2D eigenvalue weighted by Crippen LogP contribution is 2.22. The molecule has 18 heavy (non-hydrogen) atoms. The predicted molar refractivity (Wildman–Crippen MR) is 73.9 cm³/mol. The predicted octanol–water partition coefficient (Wildman–Crippen LogP) is 2.02. The molecule has 1 amide bonds. The van der Waals surface area contributed by atoms with Gasteiger partial charge in [-0.1, -0.05) is 13.8 Å². The summed E-state index contributed by atoms with van der Waals surface area (Å²) in [5, 5.41) is 10.5. The molecule has 102 valence electrons. The average molecular weight is 252 g/mol. The smallest absolute Gasteiger partial charge is 0.238 e. The fourth-order valence-electron chi connectivity index (χ4n) is 1.83. The Bertz CT molecular complexity index is 421. The van der Waals surface area contributed by atoms with Crippen molar-refractivity contribution in [2.75, 3.05) is 11.9 Å². The minimum absolute atomic E-state index is 0.0294. The second-order valence-corrected chi connectivity index (χ2v) is 5.17. The third-order valence-corrected chi connectivity index (χ3v) is 2.75. The van der Waals surface area contributed by atoms with Crippen molar-refractivity contribution >= 4 is 11.6 Å². The first-order valence-corrected chi connectivity index (χ1v) is 6.41. The Labute approximate surface area is 109 Å². The van der Waals surface area contributed by atoms with Crippen LogP contribution < -0.4 is 10.6 Å². The molecule has 0 saturated carbocycles. The Morgan fingerprint density at radius 3 is 2.33 bits per heavy atom. The maximum Gasteiger partial charge on any atom is 0.238 e. The first-order valence-electron chi connectivity index (χ1n) is 6.41. The highest BCUT2D eigenvalue weighted by molar-refractivity contribution is 5.93. The number of carbonyl (C=O) groups excluding carboxylic acids is 1. The van der Waals surface area contributed by atoms with Gasteiger partial charge in [-0.15, -0.1) is 0 Å². The molecule has 0 bridgehead atoms. The van der Waals surface area contributed by atoms with Gasteiger partial charge in [-0.05, 0) is 27.7 Å². The fraction of sp³-hybridized carbons (Fsp3) is 0.692. The molecule has 0 aromatic carbocycles. The van der Waals surface area contributed by atoms with E-state index >= 15 is 0 Å². The third kappa shape index (κ3) is 3.57. The molecule has 1 aromatic rings. The number of anilines is 1. The Morgan fingerprint density at radius 1 is 1.28 bits per heavy atom. The molecule has 5 nitrogen and oxygen atoms in total. The van der Waals surface area contributed by atoms with E-state index in [1.807, 2.05) is 32.4 Å². The summed E-state index contributed by atoms with van der Waals surface area (Å²) in [6, 6.07) is 0.597. The van der Waals surface area contributed by atoms with Gasteiger partial charge < -0.3 is 10.6 Å². The van der Waals surface area contributed by atoms with Crippen LogP contribution in [0.2, 0.25) is 0 Å². The summed E-state index contributed by atoms with van der Waals surface area (Å²) in [7, 11) is 0. The van der Waals surface area contributed by atoms with Crippen molar-refractivity contribution < 1.29 is 4.79 Å². The van der Waals surface area contributed by atoms with Gasteiger partial charge in [-0.3, -0.25) is 9.48 Å². The topological polar surface area (TPSA) is 59.0 Å². The molecule has 0 fully saturated rings. The number of nitrogens with one attached hydrogen (secondary N) is 2. The molecule has 0 spiro atoms. The van der Waals surface area contributed by atoms with Crippen LogP contribution in [0.1, 0.15) is 45.1 Å². The fourth-order valence-corrected chi connectivity index (χ4v) is 1.83.